The molecule has 0 aliphatic heterocycles. The fourth-order valence-corrected chi connectivity index (χ4v) is 2.17. The Kier molecular flexibility index (Phi) is 5.47. The number of amides is 1. The Morgan fingerprint density at radius 1 is 1.00 bits per heavy atom. The number of rotatable bonds is 2. The molecule has 3 rings (SSSR count). The molecule has 116 valence electrons. The second kappa shape index (κ2) is 7.75. The third-order valence-electron chi connectivity index (χ3n) is 3.36. The number of benzene rings is 3. The lowest BCUT2D eigenvalue weighted by molar-refractivity contribution is 0.0963. The molecule has 0 radical (unpaired) electrons. The van der Waals surface area contributed by atoms with E-state index in [1.54, 1.807) is 25.2 Å². The minimum Gasteiger partial charge on any atom is -0.507 e. The van der Waals surface area contributed by atoms with Crippen molar-refractivity contribution < 1.29 is 9.90 Å². The van der Waals surface area contributed by atoms with Crippen LogP contribution < -0.4 is 5.32 Å². The predicted molar refractivity (Wildman–Crippen MR) is 93.3 cm³/mol. The molecule has 0 saturated heterocycles. The Bertz CT molecular complexity index is 814. The van der Waals surface area contributed by atoms with Gasteiger partial charge in [0.2, 0.25) is 0 Å². The quantitative estimate of drug-likeness (QED) is 0.633. The molecule has 0 aliphatic carbocycles. The molecule has 0 aromatic heterocycles. The summed E-state index contributed by atoms with van der Waals surface area (Å²) in [7, 11) is 1.62. The first-order valence-corrected chi connectivity index (χ1v) is 7.15. The van der Waals surface area contributed by atoms with Crippen LogP contribution in [0, 0.1) is 5.41 Å². The number of carbonyl (C=O) groups excluding carboxylic acids is 1. The van der Waals surface area contributed by atoms with Crippen LogP contribution in [0.2, 0.25) is 0 Å². The van der Waals surface area contributed by atoms with Crippen molar-refractivity contribution in [1.29, 1.82) is 5.41 Å². The molecule has 0 spiro atoms. The molecule has 0 saturated carbocycles. The van der Waals surface area contributed by atoms with Gasteiger partial charge in [0.1, 0.15) is 5.75 Å². The molecule has 3 aromatic carbocycles. The van der Waals surface area contributed by atoms with Gasteiger partial charge >= 0.3 is 0 Å². The molecule has 4 heteroatoms. The maximum absolute atomic E-state index is 10.9. The summed E-state index contributed by atoms with van der Waals surface area (Å²) < 4.78 is 0. The number of hydrogen-bond donors (Lipinski definition) is 3. The van der Waals surface area contributed by atoms with Crippen LogP contribution in [0.3, 0.4) is 0 Å². The standard InChI is InChI=1S/C11H9NO.C8H9NO/c12-7-10-9-4-2-1-3-8(9)5-6-11(10)13;1-9-8(10)7-5-3-2-4-6-7/h1-7,12-13H;2-6H,1H3,(H,9,10). The van der Waals surface area contributed by atoms with Crippen LogP contribution in [0.1, 0.15) is 15.9 Å². The molecular weight excluding hydrogens is 288 g/mol. The van der Waals surface area contributed by atoms with Crippen LogP contribution in [0.4, 0.5) is 0 Å². The Morgan fingerprint density at radius 2 is 1.65 bits per heavy atom. The van der Waals surface area contributed by atoms with Crippen molar-refractivity contribution in [2.75, 3.05) is 7.05 Å². The van der Waals surface area contributed by atoms with Crippen molar-refractivity contribution in [1.82, 2.24) is 5.32 Å². The molecule has 0 bridgehead atoms. The van der Waals surface area contributed by atoms with Gasteiger partial charge in [0.05, 0.1) is 0 Å². The molecule has 0 fully saturated rings. The average molecular weight is 306 g/mol. The van der Waals surface area contributed by atoms with E-state index in [0.29, 0.717) is 11.1 Å². The zero-order valence-corrected chi connectivity index (χ0v) is 12.8. The second-order valence-corrected chi connectivity index (χ2v) is 4.81. The van der Waals surface area contributed by atoms with Crippen LogP contribution in [0.15, 0.2) is 66.7 Å². The predicted octanol–water partition coefficient (Wildman–Crippen LogP) is 3.59. The van der Waals surface area contributed by atoms with Crippen LogP contribution in [-0.2, 0) is 0 Å². The van der Waals surface area contributed by atoms with Gasteiger partial charge in [0.25, 0.3) is 5.91 Å². The number of hydrogen-bond acceptors (Lipinski definition) is 3. The lowest BCUT2D eigenvalue weighted by Crippen LogP contribution is -2.17. The largest absolute Gasteiger partial charge is 0.507 e. The first-order chi connectivity index (χ1) is 11.2. The van der Waals surface area contributed by atoms with Crippen LogP contribution in [-0.4, -0.2) is 24.3 Å². The van der Waals surface area contributed by atoms with Crippen molar-refractivity contribution in [2.45, 2.75) is 0 Å². The Morgan fingerprint density at radius 3 is 2.30 bits per heavy atom. The fourth-order valence-electron chi connectivity index (χ4n) is 2.17. The van der Waals surface area contributed by atoms with E-state index in [1.807, 2.05) is 48.5 Å². The smallest absolute Gasteiger partial charge is 0.251 e. The topological polar surface area (TPSA) is 73.2 Å². The Balaban J connectivity index is 0.000000174. The Hall–Kier alpha value is -3.14. The average Bonchev–Trinajstić information content (AvgIpc) is 2.62. The fraction of sp³-hybridized carbons (Fsp3) is 0.0526. The highest BCUT2D eigenvalue weighted by Gasteiger charge is 2.02. The van der Waals surface area contributed by atoms with E-state index in [2.05, 4.69) is 5.32 Å². The van der Waals surface area contributed by atoms with E-state index < -0.39 is 0 Å². The number of phenols is 1. The van der Waals surface area contributed by atoms with Crippen molar-refractivity contribution in [3.63, 3.8) is 0 Å². The van der Waals surface area contributed by atoms with Crippen LogP contribution >= 0.6 is 0 Å². The third-order valence-corrected chi connectivity index (χ3v) is 3.36. The number of carbonyl (C=O) groups is 1. The highest BCUT2D eigenvalue weighted by atomic mass is 16.3. The molecule has 0 aliphatic rings. The van der Waals surface area contributed by atoms with Crippen molar-refractivity contribution >= 4 is 22.9 Å². The van der Waals surface area contributed by atoms with Gasteiger partial charge in [-0.25, -0.2) is 0 Å². The van der Waals surface area contributed by atoms with Gasteiger partial charge in [-0.3, -0.25) is 4.79 Å². The first-order valence-electron chi connectivity index (χ1n) is 7.15. The molecule has 23 heavy (non-hydrogen) atoms. The minimum atomic E-state index is -0.0411. The summed E-state index contributed by atoms with van der Waals surface area (Å²) >= 11 is 0. The van der Waals surface area contributed by atoms with E-state index in [4.69, 9.17) is 5.41 Å². The van der Waals surface area contributed by atoms with Gasteiger partial charge in [-0.1, -0.05) is 48.5 Å². The van der Waals surface area contributed by atoms with E-state index in [9.17, 15) is 9.90 Å². The zero-order chi connectivity index (χ0) is 16.7. The van der Waals surface area contributed by atoms with E-state index in [1.165, 1.54) is 6.21 Å². The maximum Gasteiger partial charge on any atom is 0.251 e. The summed E-state index contributed by atoms with van der Waals surface area (Å²) in [4.78, 5) is 10.9. The van der Waals surface area contributed by atoms with Crippen molar-refractivity contribution in [3.05, 3.63) is 77.9 Å². The summed E-state index contributed by atoms with van der Waals surface area (Å²) in [5.74, 6) is 0.120. The van der Waals surface area contributed by atoms with E-state index in [-0.39, 0.29) is 11.7 Å². The number of fused-ring (bicyclic) bond motifs is 1. The first kappa shape index (κ1) is 16.2. The molecule has 3 N–H and O–H groups in total. The van der Waals surface area contributed by atoms with Gasteiger partial charge in [-0.05, 0) is 29.0 Å². The molecule has 0 atom stereocenters. The number of aromatic hydroxyl groups is 1. The van der Waals surface area contributed by atoms with Crippen LogP contribution in [0.5, 0.6) is 5.75 Å². The van der Waals surface area contributed by atoms with Crippen molar-refractivity contribution in [2.24, 2.45) is 0 Å². The van der Waals surface area contributed by atoms with Gasteiger partial charge in [-0.15, -0.1) is 0 Å². The molecule has 0 heterocycles. The molecule has 0 unspecified atom stereocenters. The maximum atomic E-state index is 10.9. The highest BCUT2D eigenvalue weighted by Crippen LogP contribution is 2.24. The van der Waals surface area contributed by atoms with Crippen molar-refractivity contribution in [3.8, 4) is 5.75 Å². The lowest BCUT2D eigenvalue weighted by atomic mass is 10.0. The summed E-state index contributed by atoms with van der Waals surface area (Å²) in [6, 6.07) is 20.3. The molecule has 4 nitrogen and oxygen atoms in total. The van der Waals surface area contributed by atoms with Gasteiger partial charge < -0.3 is 15.8 Å². The SMILES string of the molecule is CNC(=O)c1ccccc1.N=Cc1c(O)ccc2ccccc12. The van der Waals surface area contributed by atoms with E-state index in [0.717, 1.165) is 10.8 Å². The third kappa shape index (κ3) is 3.95. The summed E-state index contributed by atoms with van der Waals surface area (Å²) in [5, 5.41) is 21.1. The summed E-state index contributed by atoms with van der Waals surface area (Å²) in [6.07, 6.45) is 1.18. The zero-order valence-electron chi connectivity index (χ0n) is 12.8. The number of phenolic OH excluding ortho intramolecular Hbond substituents is 1. The van der Waals surface area contributed by atoms with E-state index >= 15 is 0 Å². The normalized spacial score (nSPS) is 9.61. The van der Waals surface area contributed by atoms with Gasteiger partial charge in [0, 0.05) is 24.4 Å². The minimum absolute atomic E-state index is 0.0411. The van der Waals surface area contributed by atoms with Gasteiger partial charge in [-0.2, -0.15) is 0 Å². The summed E-state index contributed by atoms with van der Waals surface area (Å²) in [5.41, 5.74) is 1.28. The van der Waals surface area contributed by atoms with Gasteiger partial charge in [0.15, 0.2) is 0 Å². The Labute approximate surface area is 134 Å². The summed E-state index contributed by atoms with van der Waals surface area (Å²) in [6.45, 7) is 0. The monoisotopic (exact) mass is 306 g/mol. The molecular formula is C19H18N2O2. The lowest BCUT2D eigenvalue weighted by Gasteiger charge is -2.03. The second-order valence-electron chi connectivity index (χ2n) is 4.81. The molecule has 1 amide bonds. The number of nitrogens with one attached hydrogen (secondary N) is 2. The molecule has 3 aromatic rings. The highest BCUT2D eigenvalue weighted by molar-refractivity contribution is 6.01. The van der Waals surface area contributed by atoms with Crippen LogP contribution in [0.25, 0.3) is 10.8 Å².